The smallest absolute Gasteiger partial charge is 0.341 e. The Balaban J connectivity index is 1.47. The molecular weight excluding hydrogens is 477 g/mol. The summed E-state index contributed by atoms with van der Waals surface area (Å²) in [7, 11) is 1.54. The Kier molecular flexibility index (Phi) is 9.56. The number of methoxy groups -OCH3 is 1. The van der Waals surface area contributed by atoms with Crippen molar-refractivity contribution in [2.24, 2.45) is 11.8 Å². The molecule has 0 spiro atoms. The number of ether oxygens (including phenoxy) is 2. The van der Waals surface area contributed by atoms with Crippen molar-refractivity contribution < 1.29 is 23.8 Å². The molecule has 1 aromatic carbocycles. The summed E-state index contributed by atoms with van der Waals surface area (Å²) in [4.78, 5) is 26.5. The SMILES string of the molecule is COC(C)OCCn1cc(C(=O)O)c(=O)c2cc(F)c(N3CCC(CCCC4CCNCC4)CC3)cc21. The minimum absolute atomic E-state index is 0.0636. The van der Waals surface area contributed by atoms with E-state index in [0.29, 0.717) is 23.7 Å². The van der Waals surface area contributed by atoms with Gasteiger partial charge in [-0.1, -0.05) is 19.3 Å². The Hall–Kier alpha value is -2.49. The predicted octanol–water partition coefficient (Wildman–Crippen LogP) is 4.23. The van der Waals surface area contributed by atoms with Crippen LogP contribution in [0.15, 0.2) is 23.1 Å². The number of anilines is 1. The first-order valence-corrected chi connectivity index (χ1v) is 13.6. The quantitative estimate of drug-likeness (QED) is 0.431. The fourth-order valence-electron chi connectivity index (χ4n) is 5.69. The van der Waals surface area contributed by atoms with Gasteiger partial charge in [-0.3, -0.25) is 4.79 Å². The summed E-state index contributed by atoms with van der Waals surface area (Å²) in [5.74, 6) is -0.307. The van der Waals surface area contributed by atoms with Crippen LogP contribution in [0.3, 0.4) is 0 Å². The number of fused-ring (bicyclic) bond motifs is 1. The van der Waals surface area contributed by atoms with Crippen molar-refractivity contribution in [1.29, 1.82) is 0 Å². The lowest BCUT2D eigenvalue weighted by atomic mass is 9.87. The van der Waals surface area contributed by atoms with E-state index >= 15 is 4.39 Å². The second-order valence-corrected chi connectivity index (χ2v) is 10.4. The second kappa shape index (κ2) is 12.8. The third-order valence-corrected chi connectivity index (χ3v) is 8.03. The van der Waals surface area contributed by atoms with Gasteiger partial charge in [-0.05, 0) is 69.7 Å². The highest BCUT2D eigenvalue weighted by Crippen LogP contribution is 2.31. The van der Waals surface area contributed by atoms with E-state index in [1.807, 2.05) is 0 Å². The fourth-order valence-corrected chi connectivity index (χ4v) is 5.69. The Morgan fingerprint density at radius 3 is 2.49 bits per heavy atom. The van der Waals surface area contributed by atoms with Crippen molar-refractivity contribution in [2.75, 3.05) is 44.8 Å². The number of aromatic carboxylic acids is 1. The standard InChI is InChI=1S/C28H40FN3O5/c1-19(36-2)37-15-14-32-18-23(28(34)35)27(33)22-16-24(29)26(17-25(22)32)31-12-8-21(9-13-31)5-3-4-20-6-10-30-11-7-20/h16-21,30H,3-15H2,1-2H3,(H,34,35). The van der Waals surface area contributed by atoms with Crippen LogP contribution in [0.4, 0.5) is 10.1 Å². The van der Waals surface area contributed by atoms with Crippen molar-refractivity contribution >= 4 is 22.6 Å². The van der Waals surface area contributed by atoms with Crippen LogP contribution in [0.25, 0.3) is 10.9 Å². The van der Waals surface area contributed by atoms with Gasteiger partial charge in [-0.25, -0.2) is 9.18 Å². The number of carboxylic acid groups (broad SMARTS) is 1. The maximum Gasteiger partial charge on any atom is 0.341 e. The molecule has 2 saturated heterocycles. The summed E-state index contributed by atoms with van der Waals surface area (Å²) >= 11 is 0. The van der Waals surface area contributed by atoms with Crippen LogP contribution < -0.4 is 15.6 Å². The molecule has 0 bridgehead atoms. The van der Waals surface area contributed by atoms with Gasteiger partial charge in [0.1, 0.15) is 11.4 Å². The average Bonchev–Trinajstić information content (AvgIpc) is 2.90. The first-order valence-electron chi connectivity index (χ1n) is 13.6. The van der Waals surface area contributed by atoms with Gasteiger partial charge in [0, 0.05) is 38.3 Å². The van der Waals surface area contributed by atoms with Crippen LogP contribution >= 0.6 is 0 Å². The maximum absolute atomic E-state index is 15.3. The molecule has 0 aliphatic carbocycles. The molecule has 37 heavy (non-hydrogen) atoms. The summed E-state index contributed by atoms with van der Waals surface area (Å²) in [6.45, 7) is 6.14. The molecular formula is C28H40FN3O5. The molecule has 2 aromatic rings. The van der Waals surface area contributed by atoms with Gasteiger partial charge in [0.25, 0.3) is 0 Å². The Labute approximate surface area is 217 Å². The highest BCUT2D eigenvalue weighted by atomic mass is 19.1. The van der Waals surface area contributed by atoms with E-state index in [9.17, 15) is 14.7 Å². The van der Waals surface area contributed by atoms with Crippen LogP contribution in [0, 0.1) is 17.7 Å². The lowest BCUT2D eigenvalue weighted by Gasteiger charge is -2.34. The molecule has 0 saturated carbocycles. The number of halogens is 1. The molecule has 1 unspecified atom stereocenters. The Bertz CT molecular complexity index is 1120. The van der Waals surface area contributed by atoms with E-state index in [1.54, 1.807) is 17.6 Å². The molecule has 3 heterocycles. The number of carbonyl (C=O) groups is 1. The van der Waals surface area contributed by atoms with Crippen LogP contribution in [-0.2, 0) is 16.0 Å². The van der Waals surface area contributed by atoms with E-state index in [-0.39, 0.29) is 17.6 Å². The third-order valence-electron chi connectivity index (χ3n) is 8.03. The molecule has 2 fully saturated rings. The number of piperidine rings is 2. The van der Waals surface area contributed by atoms with Gasteiger partial charge in [0.05, 0.1) is 17.8 Å². The number of carboxylic acids is 1. The van der Waals surface area contributed by atoms with Crippen LogP contribution in [0.1, 0.15) is 62.2 Å². The molecule has 2 N–H and O–H groups in total. The van der Waals surface area contributed by atoms with E-state index in [0.717, 1.165) is 44.9 Å². The van der Waals surface area contributed by atoms with Crippen LogP contribution in [0.2, 0.25) is 0 Å². The zero-order valence-corrected chi connectivity index (χ0v) is 22.0. The van der Waals surface area contributed by atoms with Gasteiger partial charge in [-0.2, -0.15) is 0 Å². The highest BCUT2D eigenvalue weighted by Gasteiger charge is 2.24. The molecule has 204 valence electrons. The van der Waals surface area contributed by atoms with Gasteiger partial charge in [0.2, 0.25) is 5.43 Å². The average molecular weight is 518 g/mol. The van der Waals surface area contributed by atoms with Gasteiger partial charge >= 0.3 is 5.97 Å². The molecule has 0 radical (unpaired) electrons. The molecule has 2 aliphatic rings. The van der Waals surface area contributed by atoms with Crippen LogP contribution in [0.5, 0.6) is 0 Å². The van der Waals surface area contributed by atoms with Crippen LogP contribution in [-0.4, -0.2) is 61.8 Å². The van der Waals surface area contributed by atoms with E-state index in [2.05, 4.69) is 10.2 Å². The zero-order chi connectivity index (χ0) is 26.4. The highest BCUT2D eigenvalue weighted by molar-refractivity contribution is 5.93. The normalized spacial score (nSPS) is 18.4. The largest absolute Gasteiger partial charge is 0.477 e. The number of rotatable bonds is 11. The van der Waals surface area contributed by atoms with Gasteiger partial charge < -0.3 is 29.4 Å². The number of nitrogens with one attached hydrogen (secondary N) is 1. The minimum Gasteiger partial charge on any atom is -0.477 e. The molecule has 8 nitrogen and oxygen atoms in total. The Morgan fingerprint density at radius 1 is 1.16 bits per heavy atom. The van der Waals surface area contributed by atoms with E-state index in [4.69, 9.17) is 9.47 Å². The van der Waals surface area contributed by atoms with Gasteiger partial charge in [-0.15, -0.1) is 0 Å². The number of hydrogen-bond acceptors (Lipinski definition) is 6. The van der Waals surface area contributed by atoms with Gasteiger partial charge in [0.15, 0.2) is 6.29 Å². The molecule has 1 atom stereocenters. The monoisotopic (exact) mass is 517 g/mol. The predicted molar refractivity (Wildman–Crippen MR) is 142 cm³/mol. The summed E-state index contributed by atoms with van der Waals surface area (Å²) in [6, 6.07) is 2.88. The summed E-state index contributed by atoms with van der Waals surface area (Å²) in [5, 5.41) is 13.0. The first kappa shape index (κ1) is 27.5. The van der Waals surface area contributed by atoms with Crippen molar-refractivity contribution in [3.05, 3.63) is 39.9 Å². The summed E-state index contributed by atoms with van der Waals surface area (Å²) in [5.41, 5.74) is -0.0974. The second-order valence-electron chi connectivity index (χ2n) is 10.4. The van der Waals surface area contributed by atoms with Crippen molar-refractivity contribution in [2.45, 2.75) is 64.7 Å². The summed E-state index contributed by atoms with van der Waals surface area (Å²) in [6.07, 6.45) is 9.34. The Morgan fingerprint density at radius 2 is 1.84 bits per heavy atom. The molecule has 1 aromatic heterocycles. The van der Waals surface area contributed by atoms with E-state index < -0.39 is 23.5 Å². The number of aromatic nitrogens is 1. The fraction of sp³-hybridized carbons (Fsp3) is 0.643. The third kappa shape index (κ3) is 6.89. The molecule has 2 aliphatic heterocycles. The van der Waals surface area contributed by atoms with Crippen molar-refractivity contribution in [3.63, 3.8) is 0 Å². The van der Waals surface area contributed by atoms with Crippen molar-refractivity contribution in [3.8, 4) is 0 Å². The molecule has 0 amide bonds. The lowest BCUT2D eigenvalue weighted by molar-refractivity contribution is -0.112. The number of benzene rings is 1. The number of pyridine rings is 1. The first-order chi connectivity index (χ1) is 17.9. The topological polar surface area (TPSA) is 93.0 Å². The summed E-state index contributed by atoms with van der Waals surface area (Å²) < 4.78 is 27.6. The molecule has 9 heteroatoms. The van der Waals surface area contributed by atoms with E-state index in [1.165, 1.54) is 51.5 Å². The lowest BCUT2D eigenvalue weighted by Crippen LogP contribution is -2.34. The van der Waals surface area contributed by atoms with Crippen molar-refractivity contribution in [1.82, 2.24) is 9.88 Å². The number of nitrogens with zero attached hydrogens (tertiary/aromatic N) is 2. The minimum atomic E-state index is -1.33. The zero-order valence-electron chi connectivity index (χ0n) is 22.0. The number of hydrogen-bond donors (Lipinski definition) is 2. The molecule has 4 rings (SSSR count). The maximum atomic E-state index is 15.3.